The number of H-pyrrole nitrogens is 2. The Morgan fingerprint density at radius 2 is 1.55 bits per heavy atom. The molecule has 1 fully saturated rings. The lowest BCUT2D eigenvalue weighted by Gasteiger charge is -2.25. The lowest BCUT2D eigenvalue weighted by atomic mass is 10.0. The van der Waals surface area contributed by atoms with Gasteiger partial charge in [0.2, 0.25) is 53.2 Å². The molecule has 0 aliphatic carbocycles. The maximum atomic E-state index is 14.0. The second-order valence-corrected chi connectivity index (χ2v) is 14.7. The zero-order valence-corrected chi connectivity index (χ0v) is 33.9. The van der Waals surface area contributed by atoms with Crippen molar-refractivity contribution in [3.05, 3.63) is 90.1 Å². The molecule has 1 saturated heterocycles. The van der Waals surface area contributed by atoms with E-state index >= 15 is 0 Å². The highest BCUT2D eigenvalue weighted by Crippen LogP contribution is 2.19. The number of aromatic nitrogens is 3. The van der Waals surface area contributed by atoms with Crippen LogP contribution in [0, 0.1) is 0 Å². The summed E-state index contributed by atoms with van der Waals surface area (Å²) in [7, 11) is 0. The van der Waals surface area contributed by atoms with Crippen molar-refractivity contribution in [1.82, 2.24) is 57.5 Å². The zero-order valence-electron chi connectivity index (χ0n) is 33.9. The Labute approximate surface area is 355 Å². The number of nitrogens with zero attached hydrogens (tertiary/aromatic N) is 1. The Morgan fingerprint density at radius 3 is 2.27 bits per heavy atom. The number of carbonyl (C=O) groups is 9. The van der Waals surface area contributed by atoms with E-state index in [9.17, 15) is 43.2 Å². The maximum absolute atomic E-state index is 14.0. The van der Waals surface area contributed by atoms with Crippen LogP contribution in [-0.2, 0) is 62.4 Å². The van der Waals surface area contributed by atoms with Crippen LogP contribution in [0.3, 0.4) is 0 Å². The van der Waals surface area contributed by atoms with E-state index in [-0.39, 0.29) is 45.1 Å². The Kier molecular flexibility index (Phi) is 16.3. The number of primary amides is 1. The van der Waals surface area contributed by atoms with Crippen molar-refractivity contribution in [1.29, 1.82) is 0 Å². The van der Waals surface area contributed by atoms with Crippen LogP contribution in [0.5, 0.6) is 0 Å². The van der Waals surface area contributed by atoms with Crippen molar-refractivity contribution in [3.8, 4) is 0 Å². The van der Waals surface area contributed by atoms with Crippen molar-refractivity contribution in [2.75, 3.05) is 19.6 Å². The average molecular weight is 855 g/mol. The first-order valence-corrected chi connectivity index (χ1v) is 19.9. The Bertz CT molecular complexity index is 2250. The fourth-order valence-electron chi connectivity index (χ4n) is 6.69. The molecule has 0 unspecified atom stereocenters. The van der Waals surface area contributed by atoms with E-state index in [2.05, 4.69) is 57.5 Å². The van der Waals surface area contributed by atoms with E-state index in [1.54, 1.807) is 36.5 Å². The molecule has 5 rings (SSSR count). The first-order valence-electron chi connectivity index (χ1n) is 19.9. The van der Waals surface area contributed by atoms with Crippen LogP contribution in [0.4, 0.5) is 0 Å². The van der Waals surface area contributed by atoms with Gasteiger partial charge in [-0.2, -0.15) is 0 Å². The summed E-state index contributed by atoms with van der Waals surface area (Å²) in [6.45, 7) is -0.0946. The second kappa shape index (κ2) is 22.1. The summed E-state index contributed by atoms with van der Waals surface area (Å²) in [5, 5.41) is 21.2. The van der Waals surface area contributed by atoms with Crippen LogP contribution in [-0.4, -0.2) is 118 Å². The molecule has 3 heterocycles. The van der Waals surface area contributed by atoms with Crippen molar-refractivity contribution >= 4 is 64.1 Å². The predicted molar refractivity (Wildman–Crippen MR) is 222 cm³/mol. The molecule has 1 aliphatic heterocycles. The van der Waals surface area contributed by atoms with E-state index in [1.165, 1.54) is 19.4 Å². The highest BCUT2D eigenvalue weighted by atomic mass is 16.2. The van der Waals surface area contributed by atoms with E-state index in [4.69, 9.17) is 5.73 Å². The third-order valence-electron chi connectivity index (χ3n) is 9.93. The van der Waals surface area contributed by atoms with Gasteiger partial charge < -0.3 is 58.2 Å². The number of imidazole rings is 1. The highest BCUT2D eigenvalue weighted by molar-refractivity contribution is 5.97. The first kappa shape index (κ1) is 45.5. The van der Waals surface area contributed by atoms with Gasteiger partial charge in [0.1, 0.15) is 30.2 Å². The van der Waals surface area contributed by atoms with Gasteiger partial charge in [0.25, 0.3) is 0 Å². The summed E-state index contributed by atoms with van der Waals surface area (Å²) < 4.78 is 0. The number of carbonyl (C=O) groups excluding carboxylic acids is 9. The molecule has 62 heavy (non-hydrogen) atoms. The Morgan fingerprint density at radius 1 is 0.823 bits per heavy atom. The second-order valence-electron chi connectivity index (χ2n) is 14.7. The van der Waals surface area contributed by atoms with Gasteiger partial charge >= 0.3 is 0 Å². The fourth-order valence-corrected chi connectivity index (χ4v) is 6.69. The van der Waals surface area contributed by atoms with Gasteiger partial charge in [-0.05, 0) is 30.0 Å². The van der Waals surface area contributed by atoms with Gasteiger partial charge in [0.15, 0.2) is 0 Å². The Balaban J connectivity index is 1.40. The summed E-state index contributed by atoms with van der Waals surface area (Å²) >= 11 is 0. The van der Waals surface area contributed by atoms with Crippen LogP contribution < -0.4 is 48.3 Å². The molecule has 1 aliphatic rings. The van der Waals surface area contributed by atoms with Crippen LogP contribution >= 0.6 is 0 Å². The molecule has 12 N–H and O–H groups in total. The molecule has 9 amide bonds. The summed E-state index contributed by atoms with van der Waals surface area (Å²) in [6, 6.07) is 9.49. The third-order valence-corrected chi connectivity index (χ3v) is 9.93. The van der Waals surface area contributed by atoms with E-state index in [1.807, 2.05) is 24.3 Å². The number of hydrogen-bond acceptors (Lipinski definition) is 10. The zero-order chi connectivity index (χ0) is 44.6. The minimum atomic E-state index is -1.38. The summed E-state index contributed by atoms with van der Waals surface area (Å²) in [5.74, 6) is -6.72. The van der Waals surface area contributed by atoms with Crippen LogP contribution in [0.1, 0.15) is 43.0 Å². The molecule has 5 atom stereocenters. The third kappa shape index (κ3) is 13.7. The number of fused-ring (bicyclic) bond motifs is 1. The van der Waals surface area contributed by atoms with Gasteiger partial charge in [-0.1, -0.05) is 48.5 Å². The molecule has 0 saturated carbocycles. The number of aromatic amines is 2. The van der Waals surface area contributed by atoms with Crippen molar-refractivity contribution in [2.45, 2.75) is 75.7 Å². The molecular weight excluding hydrogens is 805 g/mol. The summed E-state index contributed by atoms with van der Waals surface area (Å²) in [5.41, 5.74) is 8.30. The number of rotatable bonds is 12. The van der Waals surface area contributed by atoms with E-state index in [0.29, 0.717) is 16.8 Å². The molecule has 2 aromatic carbocycles. The molecular formula is C41H50N12O9. The molecule has 0 spiro atoms. The van der Waals surface area contributed by atoms with Gasteiger partial charge in [-0.25, -0.2) is 4.98 Å². The quantitative estimate of drug-likeness (QED) is 0.0705. The number of amides is 9. The van der Waals surface area contributed by atoms with Crippen LogP contribution in [0.15, 0.2) is 73.3 Å². The highest BCUT2D eigenvalue weighted by Gasteiger charge is 2.32. The van der Waals surface area contributed by atoms with Gasteiger partial charge in [-0.3, -0.25) is 43.2 Å². The summed E-state index contributed by atoms with van der Waals surface area (Å²) in [4.78, 5) is 129. The number of benzene rings is 2. The number of para-hydroxylation sites is 1. The number of nitrogens with two attached hydrogens (primary N) is 1. The minimum Gasteiger partial charge on any atom is -0.368 e. The van der Waals surface area contributed by atoms with Gasteiger partial charge in [0, 0.05) is 68.1 Å². The predicted octanol–water partition coefficient (Wildman–Crippen LogP) is -2.62. The maximum Gasteiger partial charge on any atom is 0.243 e. The molecule has 21 nitrogen and oxygen atoms in total. The van der Waals surface area contributed by atoms with Crippen LogP contribution in [0.25, 0.3) is 10.9 Å². The van der Waals surface area contributed by atoms with Crippen molar-refractivity contribution in [3.63, 3.8) is 0 Å². The molecule has 0 radical (unpaired) electrons. The average Bonchev–Trinajstić information content (AvgIpc) is 3.92. The molecule has 0 bridgehead atoms. The SMILES string of the molecule is CC(=O)NCC(=O)N[C@H]1CCC(=O)NCC[C@@H](C(=O)N[C@H](Cc2c[nH]c3ccccc23)C(N)=O)NC(=O)CNC(=O)[C@@H](Cc2ccccc2)NC(=O)[C@H](Cc2cnc[nH]2)NC1=O. The van der Waals surface area contributed by atoms with Crippen molar-refractivity contribution < 1.29 is 43.2 Å². The first-order chi connectivity index (χ1) is 29.7. The lowest BCUT2D eigenvalue weighted by Crippen LogP contribution is -2.58. The minimum absolute atomic E-state index is 0.0198. The molecule has 4 aromatic rings. The molecule has 21 heteroatoms. The van der Waals surface area contributed by atoms with Gasteiger partial charge in [-0.15, -0.1) is 0 Å². The monoisotopic (exact) mass is 854 g/mol. The van der Waals surface area contributed by atoms with Gasteiger partial charge in [0.05, 0.1) is 19.4 Å². The largest absolute Gasteiger partial charge is 0.368 e. The fraction of sp³-hybridized carbons (Fsp3) is 0.366. The standard InChI is InChI=1S/C41H50N12O9/c1-23(54)45-20-35(56)49-29-11-12-34(55)44-14-13-30(40(61)51-31(37(42)58)16-25-18-46-28-10-6-5-9-27(25)28)50-36(57)21-47-38(59)32(15-24-7-3-2-4-8-24)52-41(62)33(53-39(29)60)17-26-19-43-22-48-26/h2-10,18-19,22,29-33,46H,11-17,20-21H2,1H3,(H2,42,58)(H,43,48)(H,44,55)(H,45,54)(H,47,59)(H,49,56)(H,50,57)(H,51,61)(H,52,62)(H,53,60)/t29-,30-,31+,32+,33-/m0/s1. The normalized spacial score (nSPS) is 20.0. The molecule has 2 aromatic heterocycles. The van der Waals surface area contributed by atoms with Crippen molar-refractivity contribution in [2.24, 2.45) is 5.73 Å². The number of hydrogen-bond donors (Lipinski definition) is 11. The lowest BCUT2D eigenvalue weighted by molar-refractivity contribution is -0.134. The Hall–Kier alpha value is -7.58. The molecule has 328 valence electrons. The summed E-state index contributed by atoms with van der Waals surface area (Å²) in [6.07, 6.45) is 3.57. The van der Waals surface area contributed by atoms with E-state index in [0.717, 1.165) is 10.9 Å². The van der Waals surface area contributed by atoms with Crippen LogP contribution in [0.2, 0.25) is 0 Å². The van der Waals surface area contributed by atoms with E-state index < -0.39 is 96.5 Å². The smallest absolute Gasteiger partial charge is 0.243 e. The topological polar surface area (TPSA) is 320 Å². The number of nitrogens with one attached hydrogen (secondary N) is 10.